The quantitative estimate of drug-likeness (QED) is 0.651. The van der Waals surface area contributed by atoms with Gasteiger partial charge in [-0.1, -0.05) is 54.9 Å². The molecule has 21 heavy (non-hydrogen) atoms. The summed E-state index contributed by atoms with van der Waals surface area (Å²) in [5.74, 6) is 0.380. The first-order valence-electron chi connectivity index (χ1n) is 8.28. The van der Waals surface area contributed by atoms with Crippen LogP contribution in [0.1, 0.15) is 80.6 Å². The predicted octanol–water partition coefficient (Wildman–Crippen LogP) is 4.35. The standard InChI is InChI=1S/C18H35NO2/c1-8-17(4,5)12-18(6,7)13-19-16(21)11-9-10-15(20)14(2)3/h14H,8-13H2,1-7H3,(H,19,21). The summed E-state index contributed by atoms with van der Waals surface area (Å²) in [5.41, 5.74) is 0.404. The molecule has 124 valence electrons. The molecule has 1 amide bonds. The Morgan fingerprint density at radius 2 is 1.57 bits per heavy atom. The molecule has 0 radical (unpaired) electrons. The molecule has 1 N–H and O–H groups in total. The third-order valence-electron chi connectivity index (χ3n) is 4.15. The molecule has 0 rings (SSSR count). The van der Waals surface area contributed by atoms with E-state index < -0.39 is 0 Å². The Morgan fingerprint density at radius 1 is 1.00 bits per heavy atom. The van der Waals surface area contributed by atoms with Gasteiger partial charge in [-0.15, -0.1) is 0 Å². The van der Waals surface area contributed by atoms with E-state index in [9.17, 15) is 9.59 Å². The topological polar surface area (TPSA) is 46.2 Å². The van der Waals surface area contributed by atoms with Crippen LogP contribution in [0.5, 0.6) is 0 Å². The van der Waals surface area contributed by atoms with Gasteiger partial charge in [0.2, 0.25) is 5.91 Å². The summed E-state index contributed by atoms with van der Waals surface area (Å²) in [5, 5.41) is 3.02. The van der Waals surface area contributed by atoms with Crippen molar-refractivity contribution in [2.75, 3.05) is 6.54 Å². The Bertz CT molecular complexity index is 343. The van der Waals surface area contributed by atoms with Crippen molar-refractivity contribution in [3.05, 3.63) is 0 Å². The molecule has 3 heteroatoms. The maximum absolute atomic E-state index is 11.9. The molecule has 0 bridgehead atoms. The average molecular weight is 297 g/mol. The SMILES string of the molecule is CCC(C)(C)CC(C)(C)CNC(=O)CCCC(=O)C(C)C. The van der Waals surface area contributed by atoms with Gasteiger partial charge >= 0.3 is 0 Å². The second-order valence-corrected chi connectivity index (χ2v) is 8.11. The van der Waals surface area contributed by atoms with E-state index in [1.165, 1.54) is 0 Å². The van der Waals surface area contributed by atoms with Gasteiger partial charge in [0.25, 0.3) is 0 Å². The van der Waals surface area contributed by atoms with Crippen molar-refractivity contribution >= 4 is 11.7 Å². The van der Waals surface area contributed by atoms with Crippen LogP contribution in [0.4, 0.5) is 0 Å². The number of nitrogens with one attached hydrogen (secondary N) is 1. The second kappa shape index (κ2) is 8.55. The van der Waals surface area contributed by atoms with Gasteiger partial charge in [0.15, 0.2) is 0 Å². The predicted molar refractivity (Wildman–Crippen MR) is 89.2 cm³/mol. The molecule has 0 aromatic rings. The summed E-state index contributed by atoms with van der Waals surface area (Å²) in [6, 6.07) is 0. The number of carbonyl (C=O) groups excluding carboxylic acids is 2. The molecule has 0 unspecified atom stereocenters. The smallest absolute Gasteiger partial charge is 0.220 e. The van der Waals surface area contributed by atoms with Gasteiger partial charge in [0.05, 0.1) is 0 Å². The van der Waals surface area contributed by atoms with E-state index in [2.05, 4.69) is 39.9 Å². The van der Waals surface area contributed by atoms with Crippen molar-refractivity contribution in [3.8, 4) is 0 Å². The molecular weight excluding hydrogens is 262 g/mol. The maximum atomic E-state index is 11.9. The van der Waals surface area contributed by atoms with Gasteiger partial charge in [-0.25, -0.2) is 0 Å². The van der Waals surface area contributed by atoms with Crippen molar-refractivity contribution in [3.63, 3.8) is 0 Å². The first kappa shape index (κ1) is 20.1. The van der Waals surface area contributed by atoms with Crippen molar-refractivity contribution in [2.45, 2.75) is 80.6 Å². The zero-order valence-corrected chi connectivity index (χ0v) is 15.1. The summed E-state index contributed by atoms with van der Waals surface area (Å²) in [4.78, 5) is 23.4. The molecule has 0 aliphatic carbocycles. The van der Waals surface area contributed by atoms with Crippen LogP contribution in [0.25, 0.3) is 0 Å². The lowest BCUT2D eigenvalue weighted by Crippen LogP contribution is -2.36. The van der Waals surface area contributed by atoms with Gasteiger partial charge in [0.1, 0.15) is 5.78 Å². The molecule has 0 atom stereocenters. The van der Waals surface area contributed by atoms with E-state index in [-0.39, 0.29) is 23.0 Å². The number of hydrogen-bond acceptors (Lipinski definition) is 2. The van der Waals surface area contributed by atoms with Crippen molar-refractivity contribution in [1.82, 2.24) is 5.32 Å². The van der Waals surface area contributed by atoms with E-state index >= 15 is 0 Å². The molecule has 0 fully saturated rings. The molecule has 3 nitrogen and oxygen atoms in total. The minimum absolute atomic E-state index is 0.0638. The highest BCUT2D eigenvalue weighted by atomic mass is 16.1. The Labute approximate surface area is 131 Å². The molecule has 0 aromatic heterocycles. The number of rotatable bonds is 10. The summed E-state index contributed by atoms with van der Waals surface area (Å²) in [6.45, 7) is 15.7. The number of amides is 1. The minimum Gasteiger partial charge on any atom is -0.356 e. The number of carbonyl (C=O) groups is 2. The highest BCUT2D eigenvalue weighted by Crippen LogP contribution is 2.35. The van der Waals surface area contributed by atoms with E-state index in [0.717, 1.165) is 12.8 Å². The Balaban J connectivity index is 4.04. The van der Waals surface area contributed by atoms with Gasteiger partial charge in [-0.2, -0.15) is 0 Å². The molecule has 0 aliphatic rings. The van der Waals surface area contributed by atoms with Crippen LogP contribution in [0.15, 0.2) is 0 Å². The normalized spacial score (nSPS) is 12.6. The van der Waals surface area contributed by atoms with Crippen LogP contribution in [0.3, 0.4) is 0 Å². The van der Waals surface area contributed by atoms with Crippen LogP contribution in [-0.4, -0.2) is 18.2 Å². The molecule has 0 spiro atoms. The van der Waals surface area contributed by atoms with Crippen LogP contribution < -0.4 is 5.32 Å². The largest absolute Gasteiger partial charge is 0.356 e. The van der Waals surface area contributed by atoms with Crippen LogP contribution >= 0.6 is 0 Å². The van der Waals surface area contributed by atoms with Gasteiger partial charge in [-0.3, -0.25) is 9.59 Å². The van der Waals surface area contributed by atoms with Gasteiger partial charge in [0, 0.05) is 25.3 Å². The molecule has 0 heterocycles. The fourth-order valence-corrected chi connectivity index (χ4v) is 2.62. The lowest BCUT2D eigenvalue weighted by atomic mass is 9.73. The summed E-state index contributed by atoms with van der Waals surface area (Å²) in [6.07, 6.45) is 3.84. The van der Waals surface area contributed by atoms with Gasteiger partial charge in [-0.05, 0) is 23.7 Å². The highest BCUT2D eigenvalue weighted by molar-refractivity contribution is 5.81. The molecule has 0 aromatic carbocycles. The first-order valence-corrected chi connectivity index (χ1v) is 8.28. The minimum atomic E-state index is 0.0638. The number of Topliss-reactive ketones (excluding diaryl/α,β-unsaturated/α-hetero) is 1. The molecule has 0 saturated heterocycles. The molecule has 0 saturated carbocycles. The first-order chi connectivity index (χ1) is 9.49. The second-order valence-electron chi connectivity index (χ2n) is 8.11. The number of hydrogen-bond donors (Lipinski definition) is 1. The fraction of sp³-hybridized carbons (Fsp3) is 0.889. The van der Waals surface area contributed by atoms with E-state index in [4.69, 9.17) is 0 Å². The summed E-state index contributed by atoms with van der Waals surface area (Å²) >= 11 is 0. The highest BCUT2D eigenvalue weighted by Gasteiger charge is 2.27. The van der Waals surface area contributed by atoms with Crippen LogP contribution in [-0.2, 0) is 9.59 Å². The molecular formula is C18H35NO2. The van der Waals surface area contributed by atoms with E-state index in [1.54, 1.807) is 0 Å². The number of ketones is 1. The Hall–Kier alpha value is -0.860. The van der Waals surface area contributed by atoms with Crippen molar-refractivity contribution in [1.29, 1.82) is 0 Å². The Kier molecular flexibility index (Phi) is 8.20. The van der Waals surface area contributed by atoms with E-state index in [1.807, 2.05) is 13.8 Å². The average Bonchev–Trinajstić information content (AvgIpc) is 2.35. The zero-order chi connectivity index (χ0) is 16.7. The Morgan fingerprint density at radius 3 is 2.05 bits per heavy atom. The fourth-order valence-electron chi connectivity index (χ4n) is 2.62. The monoisotopic (exact) mass is 297 g/mol. The lowest BCUT2D eigenvalue weighted by molar-refractivity contribution is -0.123. The third kappa shape index (κ3) is 9.65. The zero-order valence-electron chi connectivity index (χ0n) is 15.1. The lowest BCUT2D eigenvalue weighted by Gasteiger charge is -2.34. The maximum Gasteiger partial charge on any atom is 0.220 e. The van der Waals surface area contributed by atoms with Crippen molar-refractivity contribution < 1.29 is 9.59 Å². The van der Waals surface area contributed by atoms with Crippen LogP contribution in [0, 0.1) is 16.7 Å². The summed E-state index contributed by atoms with van der Waals surface area (Å²) < 4.78 is 0. The van der Waals surface area contributed by atoms with Crippen molar-refractivity contribution in [2.24, 2.45) is 16.7 Å². The molecule has 0 aliphatic heterocycles. The van der Waals surface area contributed by atoms with E-state index in [0.29, 0.717) is 31.2 Å². The summed E-state index contributed by atoms with van der Waals surface area (Å²) in [7, 11) is 0. The van der Waals surface area contributed by atoms with Crippen LogP contribution in [0.2, 0.25) is 0 Å². The third-order valence-corrected chi connectivity index (χ3v) is 4.15. The van der Waals surface area contributed by atoms with Gasteiger partial charge < -0.3 is 5.32 Å².